The number of hydrogen-bond acceptors (Lipinski definition) is 4. The van der Waals surface area contributed by atoms with Crippen LogP contribution in [-0.4, -0.2) is 44.4 Å². The third-order valence-corrected chi connectivity index (χ3v) is 41.5. The fourth-order valence-corrected chi connectivity index (χ4v) is 35.7. The van der Waals surface area contributed by atoms with Gasteiger partial charge in [0.25, 0.3) is 0 Å². The minimum Gasteiger partial charge on any atom is -0.457 e. The van der Waals surface area contributed by atoms with E-state index < -0.39 is 24.2 Å². The van der Waals surface area contributed by atoms with Gasteiger partial charge >= 0.3 is 0 Å². The molecule has 3 aromatic heterocycles. The van der Waals surface area contributed by atoms with Crippen LogP contribution in [0.5, 0.6) is 0 Å². The lowest BCUT2D eigenvalue weighted by Crippen LogP contribution is -2.86. The molecule has 566 valence electrons. The maximum absolute atomic E-state index is 6.75. The highest BCUT2D eigenvalue weighted by atomic mass is 32.1. The number of anilines is 3. The Morgan fingerprint density at radius 3 is 1.42 bits per heavy atom. The molecule has 0 fully saturated rings. The summed E-state index contributed by atoms with van der Waals surface area (Å²) in [6.45, 7) is 34.1. The fourth-order valence-electron chi connectivity index (χ4n) is 21.3. The van der Waals surface area contributed by atoms with Crippen molar-refractivity contribution in [3.05, 3.63) is 338 Å². The Morgan fingerprint density at radius 1 is 0.308 bits per heavy atom. The van der Waals surface area contributed by atoms with Gasteiger partial charge in [0.05, 0.1) is 0 Å². The van der Waals surface area contributed by atoms with Gasteiger partial charge in [0.1, 0.15) is 27.5 Å². The summed E-state index contributed by atoms with van der Waals surface area (Å²) in [5, 5.41) is 16.5. The molecule has 10 heteroatoms. The normalized spacial score (nSPS) is 14.7. The van der Waals surface area contributed by atoms with E-state index in [4.69, 9.17) is 4.42 Å². The van der Waals surface area contributed by atoms with Crippen LogP contribution in [0.1, 0.15) is 84.6 Å². The largest absolute Gasteiger partial charge is 0.457 e. The van der Waals surface area contributed by atoms with Crippen LogP contribution in [-0.2, 0) is 16.2 Å². The Kier molecular flexibility index (Phi) is 16.9. The molecule has 6 aliphatic rings. The predicted molar refractivity (Wildman–Crippen MR) is 521 cm³/mol. The summed E-state index contributed by atoms with van der Waals surface area (Å²) in [4.78, 5) is 5.35. The van der Waals surface area contributed by atoms with Gasteiger partial charge in [-0.1, -0.05) is 396 Å². The summed E-state index contributed by atoms with van der Waals surface area (Å²) in [5.41, 5.74) is 30.9. The van der Waals surface area contributed by atoms with E-state index in [1.54, 1.807) is 42.0 Å². The smallest absolute Gasteiger partial charge is 0.247 e. The van der Waals surface area contributed by atoms with Crippen LogP contribution in [0, 0.1) is 6.92 Å². The van der Waals surface area contributed by atoms with Crippen molar-refractivity contribution < 1.29 is 4.42 Å². The molecule has 0 saturated heterocycles. The summed E-state index contributed by atoms with van der Waals surface area (Å²) in [5.74, 6) is 1.10. The van der Waals surface area contributed by atoms with Gasteiger partial charge in [-0.2, -0.15) is 0 Å². The Hall–Kier alpha value is -10.8. The first kappa shape index (κ1) is 73.8. The van der Waals surface area contributed by atoms with E-state index in [0.717, 1.165) is 11.3 Å². The van der Waals surface area contributed by atoms with E-state index in [9.17, 15) is 0 Å². The second kappa shape index (κ2) is 26.9. The van der Waals surface area contributed by atoms with Crippen LogP contribution in [0.2, 0.25) is 26.2 Å². The number of benzene rings is 14. The zero-order valence-electron chi connectivity index (χ0n) is 69.4. The summed E-state index contributed by atoms with van der Waals surface area (Å²) in [6.07, 6.45) is 0. The second-order valence-corrected chi connectivity index (χ2v) is 52.3. The van der Waals surface area contributed by atoms with E-state index in [2.05, 4.69) is 416 Å². The predicted octanol–water partition coefficient (Wildman–Crippen LogP) is 17.0. The van der Waals surface area contributed by atoms with E-state index in [-0.39, 0.29) is 36.4 Å². The molecule has 6 aliphatic heterocycles. The number of furan rings is 1. The summed E-state index contributed by atoms with van der Waals surface area (Å²) in [6, 6.07) is 119. The Labute approximate surface area is 702 Å². The monoisotopic (exact) mass is 1590 g/mol. The van der Waals surface area contributed by atoms with Crippen LogP contribution < -0.4 is 95.6 Å². The molecule has 117 heavy (non-hydrogen) atoms. The summed E-state index contributed by atoms with van der Waals surface area (Å²) >= 11 is 3.97. The van der Waals surface area contributed by atoms with Gasteiger partial charge in [-0.05, 0) is 177 Å². The number of rotatable bonds is 6. The number of thiophene rings is 2. The molecule has 0 aliphatic carbocycles. The van der Waals surface area contributed by atoms with Crippen molar-refractivity contribution in [3.63, 3.8) is 0 Å². The van der Waals surface area contributed by atoms with Gasteiger partial charge < -0.3 is 9.32 Å². The van der Waals surface area contributed by atoms with Gasteiger partial charge in [-0.15, -0.1) is 22.7 Å². The van der Waals surface area contributed by atoms with Crippen molar-refractivity contribution in [2.75, 3.05) is 4.90 Å². The highest BCUT2D eigenvalue weighted by Gasteiger charge is 2.55. The lowest BCUT2D eigenvalue weighted by molar-refractivity contribution is 0.584. The maximum Gasteiger partial charge on any atom is 0.247 e. The summed E-state index contributed by atoms with van der Waals surface area (Å²) in [7, 11) is -6.50. The maximum atomic E-state index is 6.75. The van der Waals surface area contributed by atoms with Crippen molar-refractivity contribution in [1.29, 1.82) is 0 Å². The van der Waals surface area contributed by atoms with Gasteiger partial charge in [0.2, 0.25) is 20.1 Å². The zero-order valence-corrected chi connectivity index (χ0v) is 74.1. The molecule has 9 heterocycles. The quantitative estimate of drug-likeness (QED) is 0.154. The minimum atomic E-state index is -2.56. The molecule has 0 saturated carbocycles. The van der Waals surface area contributed by atoms with Gasteiger partial charge in [0.15, 0.2) is 8.07 Å². The van der Waals surface area contributed by atoms with E-state index >= 15 is 0 Å². The molecule has 23 rings (SSSR count). The molecular formula is C107H94B3NOS2Si3. The number of para-hydroxylation sites is 2. The molecule has 0 bridgehead atoms. The SMILES string of the molecule is CC(C)(C)c1cc2c3c(c1)[Si](C)(C)c1ccccc1B3c1c-2oc2cc(C(C)(C)C)ccc12.C[Si]1(C)c2cc(N(c3ccccc3)c3ccccc3)ccc2B2c3c(cc(-c4ccccc4)cc31)-c1sc3ccccc3c12.Cc1cc2c3c(c1)[Si](c1ccccc1)(c1ccccc1)c1ccccc1B3c1c-2sc2ccc(C(C)(C)C)cc12. The molecule has 0 atom stereocenters. The van der Waals surface area contributed by atoms with Crippen LogP contribution in [0.25, 0.3) is 74.5 Å². The average molecular weight is 1590 g/mol. The first-order valence-corrected chi connectivity index (χ1v) is 51.6. The molecule has 0 amide bonds. The highest BCUT2D eigenvalue weighted by molar-refractivity contribution is 7.31. The number of nitrogens with zero attached hydrogens (tertiary/aromatic N) is 1. The molecule has 17 aromatic rings. The molecule has 0 radical (unpaired) electrons. The molecule has 14 aromatic carbocycles. The Balaban J connectivity index is 0.000000111. The molecule has 0 unspecified atom stereocenters. The molecular weight excluding hydrogens is 1500 g/mol. The van der Waals surface area contributed by atoms with E-state index in [0.29, 0.717) is 0 Å². The van der Waals surface area contributed by atoms with Crippen LogP contribution in [0.4, 0.5) is 17.1 Å². The van der Waals surface area contributed by atoms with Gasteiger partial charge in [0, 0.05) is 47.2 Å². The lowest BCUT2D eigenvalue weighted by atomic mass is 9.38. The Bertz CT molecular complexity index is 6840. The number of hydrogen-bond donors (Lipinski definition) is 0. The average Bonchev–Trinajstić information content (AvgIpc) is 1.56. The highest BCUT2D eigenvalue weighted by Crippen LogP contribution is 2.44. The first-order chi connectivity index (χ1) is 56.4. The number of aryl methyl sites for hydroxylation is 1. The van der Waals surface area contributed by atoms with Crippen molar-refractivity contribution >= 4 is 206 Å². The third kappa shape index (κ3) is 11.3. The van der Waals surface area contributed by atoms with Crippen molar-refractivity contribution in [3.8, 4) is 43.3 Å². The zero-order chi connectivity index (χ0) is 80.1. The van der Waals surface area contributed by atoms with Crippen LogP contribution >= 0.6 is 22.7 Å². The van der Waals surface area contributed by atoms with Crippen molar-refractivity contribution in [2.24, 2.45) is 0 Å². The third-order valence-electron chi connectivity index (χ3n) is 27.0. The topological polar surface area (TPSA) is 16.4 Å². The van der Waals surface area contributed by atoms with Gasteiger partial charge in [-0.3, -0.25) is 0 Å². The van der Waals surface area contributed by atoms with E-state index in [1.807, 2.05) is 22.7 Å². The van der Waals surface area contributed by atoms with Crippen molar-refractivity contribution in [2.45, 2.75) is 112 Å². The van der Waals surface area contributed by atoms with Crippen LogP contribution in [0.3, 0.4) is 0 Å². The number of fused-ring (bicyclic) bond motifs is 21. The Morgan fingerprint density at radius 2 is 0.786 bits per heavy atom. The molecule has 0 spiro atoms. The second-order valence-electron chi connectivity index (χ2n) is 37.8. The van der Waals surface area contributed by atoms with E-state index in [1.165, 1.54) is 151 Å². The standard InChI is InChI=1S/C40H30BNSSi.C37H31BSSi.C30H33BOSi/c1-44(2)36-26-31(42(29-16-8-4-9-17-29)30-18-10-5-11-19-30)22-23-34(36)41-38-33(40-39(41)32-20-12-13-21-35(32)43-40)24-28(25-37(38)44)27-14-6-3-7-15-27;1-24-21-29-34-33(22-24)40(26-13-7-5-8-14-26,27-15-9-6-10-16-27)32-18-12-11-17-30(32)38(34)35-28-23-25(37(2,3)4)19-20-31(28)39-36(29)35;1-29(2,3)18-13-14-20-23(16-18)32-28-21-15-19(30(4,5)6)17-25-26(21)31(27(20)28)22-11-9-10-12-24(22)33(25,7)8/h3-26H,1-2H3;5-23H,1-4H3;9-17H,1-8H3. The minimum absolute atomic E-state index is 0.0939. The van der Waals surface area contributed by atoms with Gasteiger partial charge in [-0.25, -0.2) is 0 Å². The van der Waals surface area contributed by atoms with Crippen molar-refractivity contribution in [1.82, 2.24) is 0 Å². The van der Waals surface area contributed by atoms with Crippen LogP contribution in [0.15, 0.2) is 320 Å². The molecule has 2 nitrogen and oxygen atoms in total. The molecule has 0 N–H and O–H groups in total. The lowest BCUT2D eigenvalue weighted by Gasteiger charge is -2.42. The first-order valence-electron chi connectivity index (χ1n) is 42.0. The summed E-state index contributed by atoms with van der Waals surface area (Å²) < 4.78 is 9.54. The fraction of sp³-hybridized carbons (Fsp3) is 0.159.